The lowest BCUT2D eigenvalue weighted by atomic mass is 9.96. The van der Waals surface area contributed by atoms with Gasteiger partial charge in [0.05, 0.1) is 12.7 Å². The highest BCUT2D eigenvalue weighted by Crippen LogP contribution is 2.18. The van der Waals surface area contributed by atoms with E-state index in [2.05, 4.69) is 13.8 Å². The first kappa shape index (κ1) is 29.4. The number of amides is 1. The third kappa shape index (κ3) is 17.1. The van der Waals surface area contributed by atoms with E-state index in [9.17, 15) is 9.90 Å². The molecule has 0 heterocycles. The van der Waals surface area contributed by atoms with Crippen molar-refractivity contribution in [1.82, 2.24) is 4.90 Å². The summed E-state index contributed by atoms with van der Waals surface area (Å²) in [5, 5.41) is 18.9. The van der Waals surface area contributed by atoms with Gasteiger partial charge in [0, 0.05) is 19.5 Å². The molecule has 0 spiro atoms. The number of carbonyl (C=O) groups excluding carboxylic acids is 1. The minimum absolute atomic E-state index is 0.105. The van der Waals surface area contributed by atoms with Gasteiger partial charge < -0.3 is 15.1 Å². The van der Waals surface area contributed by atoms with Crippen LogP contribution in [-0.4, -0.2) is 46.8 Å². The van der Waals surface area contributed by atoms with Crippen LogP contribution in [0.3, 0.4) is 0 Å². The Hall–Kier alpha value is -0.610. The number of unbranched alkanes of at least 4 members (excludes halogenated alkanes) is 12. The highest BCUT2D eigenvalue weighted by atomic mass is 16.3. The molecule has 0 fully saturated rings. The van der Waals surface area contributed by atoms with Gasteiger partial charge in [-0.2, -0.15) is 0 Å². The van der Waals surface area contributed by atoms with Gasteiger partial charge in [0.1, 0.15) is 0 Å². The molecule has 0 rings (SSSR count). The summed E-state index contributed by atoms with van der Waals surface area (Å²) in [6.07, 6.45) is 20.5. The zero-order chi connectivity index (χ0) is 22.5. The molecule has 0 aromatic rings. The predicted molar refractivity (Wildman–Crippen MR) is 129 cm³/mol. The minimum atomic E-state index is -0.834. The summed E-state index contributed by atoms with van der Waals surface area (Å²) in [5.41, 5.74) is 0. The summed E-state index contributed by atoms with van der Waals surface area (Å²) < 4.78 is 0. The van der Waals surface area contributed by atoms with Gasteiger partial charge in [-0.15, -0.1) is 0 Å². The summed E-state index contributed by atoms with van der Waals surface area (Å²) in [6, 6.07) is 0. The van der Waals surface area contributed by atoms with Crippen molar-refractivity contribution in [2.75, 3.05) is 19.7 Å². The van der Waals surface area contributed by atoms with Crippen LogP contribution in [0.15, 0.2) is 0 Å². The van der Waals surface area contributed by atoms with Crippen LogP contribution in [0.2, 0.25) is 0 Å². The fraction of sp³-hybridized carbons (Fsp3) is 0.962. The first-order chi connectivity index (χ1) is 14.6. The number of rotatable bonds is 22. The largest absolute Gasteiger partial charge is 0.394 e. The average Bonchev–Trinajstić information content (AvgIpc) is 2.75. The van der Waals surface area contributed by atoms with E-state index < -0.39 is 6.10 Å². The van der Waals surface area contributed by atoms with Crippen LogP contribution in [0.5, 0.6) is 0 Å². The van der Waals surface area contributed by atoms with Crippen molar-refractivity contribution in [1.29, 1.82) is 0 Å². The lowest BCUT2D eigenvalue weighted by molar-refractivity contribution is -0.133. The van der Waals surface area contributed by atoms with Crippen molar-refractivity contribution in [3.05, 3.63) is 0 Å². The predicted octanol–water partition coefficient (Wildman–Crippen LogP) is 6.48. The molecule has 0 aliphatic carbocycles. The van der Waals surface area contributed by atoms with Gasteiger partial charge in [0.15, 0.2) is 0 Å². The molecular weight excluding hydrogens is 374 g/mol. The number of hydrogen-bond donors (Lipinski definition) is 2. The van der Waals surface area contributed by atoms with Gasteiger partial charge in [0.2, 0.25) is 5.91 Å². The van der Waals surface area contributed by atoms with Crippen molar-refractivity contribution in [2.24, 2.45) is 5.92 Å². The van der Waals surface area contributed by atoms with Gasteiger partial charge >= 0.3 is 0 Å². The summed E-state index contributed by atoms with van der Waals surface area (Å²) >= 11 is 0. The lowest BCUT2D eigenvalue weighted by Crippen LogP contribution is -2.41. The Balaban J connectivity index is 3.85. The fourth-order valence-corrected chi connectivity index (χ4v) is 4.15. The van der Waals surface area contributed by atoms with Crippen molar-refractivity contribution < 1.29 is 15.0 Å². The number of carbonyl (C=O) groups is 1. The molecule has 2 N–H and O–H groups in total. The number of aliphatic hydroxyl groups excluding tert-OH is 2. The standard InChI is InChI=1S/C26H53NO3/c1-4-7-8-9-10-11-12-13-14-15-16-17-18-20-24(6-3)21-27(22-25(29)23-28)26(30)19-5-2/h24-25,28-29H,4-23H2,1-3H3. The van der Waals surface area contributed by atoms with Crippen LogP contribution < -0.4 is 0 Å². The first-order valence-corrected chi connectivity index (χ1v) is 13.2. The monoisotopic (exact) mass is 427 g/mol. The molecule has 180 valence electrons. The Morgan fingerprint density at radius 3 is 1.67 bits per heavy atom. The molecule has 2 atom stereocenters. The van der Waals surface area contributed by atoms with Crippen molar-refractivity contribution in [3.63, 3.8) is 0 Å². The highest BCUT2D eigenvalue weighted by Gasteiger charge is 2.20. The molecule has 1 amide bonds. The zero-order valence-corrected chi connectivity index (χ0v) is 20.5. The van der Waals surface area contributed by atoms with Crippen LogP contribution in [0, 0.1) is 5.92 Å². The molecule has 0 radical (unpaired) electrons. The van der Waals surface area contributed by atoms with Crippen LogP contribution in [0.4, 0.5) is 0 Å². The third-order valence-corrected chi connectivity index (χ3v) is 6.23. The summed E-state index contributed by atoms with van der Waals surface area (Å²) in [5.74, 6) is 0.596. The second kappa shape index (κ2) is 21.6. The van der Waals surface area contributed by atoms with E-state index in [0.717, 1.165) is 19.3 Å². The Kier molecular flexibility index (Phi) is 21.2. The highest BCUT2D eigenvalue weighted by molar-refractivity contribution is 5.76. The van der Waals surface area contributed by atoms with E-state index in [-0.39, 0.29) is 19.1 Å². The molecule has 0 aromatic heterocycles. The third-order valence-electron chi connectivity index (χ3n) is 6.23. The van der Waals surface area contributed by atoms with Crippen LogP contribution in [0.1, 0.15) is 130 Å². The summed E-state index contributed by atoms with van der Waals surface area (Å²) in [6.45, 7) is 7.15. The van der Waals surface area contributed by atoms with Crippen LogP contribution >= 0.6 is 0 Å². The van der Waals surface area contributed by atoms with Crippen molar-refractivity contribution >= 4 is 5.91 Å². The Morgan fingerprint density at radius 1 is 0.733 bits per heavy atom. The lowest BCUT2D eigenvalue weighted by Gasteiger charge is -2.29. The van der Waals surface area contributed by atoms with E-state index in [1.807, 2.05) is 6.92 Å². The minimum Gasteiger partial charge on any atom is -0.394 e. The average molecular weight is 428 g/mol. The quantitative estimate of drug-likeness (QED) is 0.194. The van der Waals surface area contributed by atoms with Crippen molar-refractivity contribution in [2.45, 2.75) is 136 Å². The smallest absolute Gasteiger partial charge is 0.222 e. The summed E-state index contributed by atoms with van der Waals surface area (Å²) in [4.78, 5) is 14.1. The molecule has 2 unspecified atom stereocenters. The zero-order valence-electron chi connectivity index (χ0n) is 20.5. The molecule has 0 aliphatic rings. The fourth-order valence-electron chi connectivity index (χ4n) is 4.15. The van der Waals surface area contributed by atoms with Crippen LogP contribution in [0.25, 0.3) is 0 Å². The van der Waals surface area contributed by atoms with E-state index in [0.29, 0.717) is 18.9 Å². The number of aliphatic hydroxyl groups is 2. The second-order valence-electron chi connectivity index (χ2n) is 9.19. The topological polar surface area (TPSA) is 60.8 Å². The Morgan fingerprint density at radius 2 is 1.23 bits per heavy atom. The van der Waals surface area contributed by atoms with E-state index in [4.69, 9.17) is 5.11 Å². The maximum Gasteiger partial charge on any atom is 0.222 e. The van der Waals surface area contributed by atoms with E-state index in [1.165, 1.54) is 83.5 Å². The Labute approximate surface area is 187 Å². The molecule has 4 nitrogen and oxygen atoms in total. The van der Waals surface area contributed by atoms with Crippen molar-refractivity contribution in [3.8, 4) is 0 Å². The molecule has 0 aliphatic heterocycles. The van der Waals surface area contributed by atoms with E-state index in [1.54, 1.807) is 4.90 Å². The Bertz CT molecular complexity index is 375. The van der Waals surface area contributed by atoms with Gasteiger partial charge in [-0.05, 0) is 18.8 Å². The van der Waals surface area contributed by atoms with Gasteiger partial charge in [-0.1, -0.05) is 111 Å². The SMILES string of the molecule is CCCCCCCCCCCCCCCC(CC)CN(CC(O)CO)C(=O)CCC. The van der Waals surface area contributed by atoms with Gasteiger partial charge in [-0.3, -0.25) is 4.79 Å². The normalized spacial score (nSPS) is 13.4. The molecule has 0 bridgehead atoms. The molecule has 0 saturated heterocycles. The maximum absolute atomic E-state index is 12.4. The molecule has 0 saturated carbocycles. The molecule has 4 heteroatoms. The summed E-state index contributed by atoms with van der Waals surface area (Å²) in [7, 11) is 0. The first-order valence-electron chi connectivity index (χ1n) is 13.2. The molecule has 30 heavy (non-hydrogen) atoms. The number of hydrogen-bond acceptors (Lipinski definition) is 3. The van der Waals surface area contributed by atoms with Gasteiger partial charge in [0.25, 0.3) is 0 Å². The molecule has 0 aromatic carbocycles. The van der Waals surface area contributed by atoms with Crippen LogP contribution in [-0.2, 0) is 4.79 Å². The van der Waals surface area contributed by atoms with Gasteiger partial charge in [-0.25, -0.2) is 0 Å². The van der Waals surface area contributed by atoms with E-state index >= 15 is 0 Å². The maximum atomic E-state index is 12.4. The number of nitrogens with zero attached hydrogens (tertiary/aromatic N) is 1. The molecular formula is C26H53NO3. The second-order valence-corrected chi connectivity index (χ2v) is 9.19.